The lowest BCUT2D eigenvalue weighted by Crippen LogP contribution is -2.41. The smallest absolute Gasteiger partial charge is 0.0120 e. The largest absolute Gasteiger partial charge is 0.316 e. The minimum absolute atomic E-state index is 0.582. The Morgan fingerprint density at radius 2 is 1.86 bits per heavy atom. The number of hydrogen-bond acceptors (Lipinski definition) is 1. The van der Waals surface area contributed by atoms with Gasteiger partial charge in [0.2, 0.25) is 0 Å². The van der Waals surface area contributed by atoms with Crippen molar-refractivity contribution in [3.63, 3.8) is 0 Å². The predicted molar refractivity (Wildman–Crippen MR) is 63.5 cm³/mol. The van der Waals surface area contributed by atoms with Crippen LogP contribution in [0.15, 0.2) is 0 Å². The lowest BCUT2D eigenvalue weighted by Gasteiger charge is -2.35. The molecule has 0 heterocycles. The van der Waals surface area contributed by atoms with Crippen molar-refractivity contribution >= 4 is 0 Å². The van der Waals surface area contributed by atoms with Crippen molar-refractivity contribution in [2.75, 3.05) is 7.05 Å². The Balaban J connectivity index is 2.51. The van der Waals surface area contributed by atoms with E-state index in [1.54, 1.807) is 0 Å². The van der Waals surface area contributed by atoms with Crippen molar-refractivity contribution in [2.24, 2.45) is 11.3 Å². The van der Waals surface area contributed by atoms with Crippen LogP contribution in [0.1, 0.15) is 59.3 Å². The van der Waals surface area contributed by atoms with E-state index in [-0.39, 0.29) is 0 Å². The van der Waals surface area contributed by atoms with Crippen LogP contribution >= 0.6 is 0 Å². The lowest BCUT2D eigenvalue weighted by atomic mass is 9.76. The van der Waals surface area contributed by atoms with Gasteiger partial charge in [0.1, 0.15) is 0 Å². The molecule has 1 fully saturated rings. The first-order chi connectivity index (χ1) is 6.62. The fourth-order valence-electron chi connectivity index (χ4n) is 2.85. The quantitative estimate of drug-likeness (QED) is 0.710. The van der Waals surface area contributed by atoms with E-state index in [2.05, 4.69) is 33.1 Å². The van der Waals surface area contributed by atoms with Crippen LogP contribution < -0.4 is 5.32 Å². The Bertz CT molecular complexity index is 159. The summed E-state index contributed by atoms with van der Waals surface area (Å²) in [6, 6.07) is 0.736. The van der Waals surface area contributed by atoms with Gasteiger partial charge < -0.3 is 5.32 Å². The fourth-order valence-corrected chi connectivity index (χ4v) is 2.85. The van der Waals surface area contributed by atoms with Crippen LogP contribution in [0, 0.1) is 11.3 Å². The van der Waals surface area contributed by atoms with Crippen LogP contribution in [0.3, 0.4) is 0 Å². The van der Waals surface area contributed by atoms with Crippen molar-refractivity contribution in [2.45, 2.75) is 65.3 Å². The molecule has 1 aliphatic carbocycles. The Hall–Kier alpha value is -0.0400. The van der Waals surface area contributed by atoms with Gasteiger partial charge in [0, 0.05) is 6.04 Å². The highest BCUT2D eigenvalue weighted by Crippen LogP contribution is 2.42. The Morgan fingerprint density at radius 1 is 1.29 bits per heavy atom. The molecule has 0 aromatic carbocycles. The van der Waals surface area contributed by atoms with Crippen LogP contribution in [0.5, 0.6) is 0 Å². The maximum Gasteiger partial charge on any atom is 0.0120 e. The third kappa shape index (κ3) is 2.73. The highest BCUT2D eigenvalue weighted by atomic mass is 14.9. The molecule has 1 N–H and O–H groups in total. The van der Waals surface area contributed by atoms with Gasteiger partial charge >= 0.3 is 0 Å². The van der Waals surface area contributed by atoms with E-state index in [9.17, 15) is 0 Å². The molecule has 1 rings (SSSR count). The molecule has 1 nitrogen and oxygen atoms in total. The van der Waals surface area contributed by atoms with Crippen LogP contribution in [-0.4, -0.2) is 13.1 Å². The minimum Gasteiger partial charge on any atom is -0.316 e. The van der Waals surface area contributed by atoms with Gasteiger partial charge in [0.15, 0.2) is 0 Å². The van der Waals surface area contributed by atoms with E-state index in [0.717, 1.165) is 12.0 Å². The van der Waals surface area contributed by atoms with Gasteiger partial charge in [-0.05, 0) is 37.6 Å². The molecule has 0 aromatic heterocycles. The maximum absolute atomic E-state index is 3.55. The molecule has 2 atom stereocenters. The molecule has 1 saturated carbocycles. The molecule has 0 aromatic rings. The molecule has 0 amide bonds. The third-order valence-electron chi connectivity index (χ3n) is 4.27. The summed E-state index contributed by atoms with van der Waals surface area (Å²) in [5.74, 6) is 0.866. The average molecular weight is 197 g/mol. The van der Waals surface area contributed by atoms with E-state index in [1.807, 2.05) is 0 Å². The van der Waals surface area contributed by atoms with E-state index in [0.29, 0.717) is 5.41 Å². The van der Waals surface area contributed by atoms with Gasteiger partial charge in [0.25, 0.3) is 0 Å². The van der Waals surface area contributed by atoms with Gasteiger partial charge in [0.05, 0.1) is 0 Å². The zero-order valence-corrected chi connectivity index (χ0v) is 10.4. The summed E-state index contributed by atoms with van der Waals surface area (Å²) in [5, 5.41) is 3.55. The summed E-state index contributed by atoms with van der Waals surface area (Å²) >= 11 is 0. The molecular formula is C13H27N. The lowest BCUT2D eigenvalue weighted by molar-refractivity contribution is 0.198. The Labute approximate surface area is 89.7 Å². The zero-order valence-electron chi connectivity index (χ0n) is 10.4. The predicted octanol–water partition coefficient (Wildman–Crippen LogP) is 3.59. The third-order valence-corrected chi connectivity index (χ3v) is 4.27. The summed E-state index contributed by atoms with van der Waals surface area (Å²) in [6.45, 7) is 7.15. The summed E-state index contributed by atoms with van der Waals surface area (Å²) in [4.78, 5) is 0. The second-order valence-corrected chi connectivity index (χ2v) is 5.45. The topological polar surface area (TPSA) is 12.0 Å². The molecule has 0 aliphatic heterocycles. The second kappa shape index (κ2) is 5.16. The SMILES string of the molecule is CCC(C)CC(NC)C1(C)CCCC1. The summed E-state index contributed by atoms with van der Waals surface area (Å²) in [7, 11) is 2.14. The van der Waals surface area contributed by atoms with Gasteiger partial charge in [-0.25, -0.2) is 0 Å². The van der Waals surface area contributed by atoms with Crippen molar-refractivity contribution in [1.82, 2.24) is 5.32 Å². The van der Waals surface area contributed by atoms with Gasteiger partial charge in [-0.15, -0.1) is 0 Å². The van der Waals surface area contributed by atoms with Gasteiger partial charge in [-0.3, -0.25) is 0 Å². The highest BCUT2D eigenvalue weighted by Gasteiger charge is 2.36. The standard InChI is InChI=1S/C13H27N/c1-5-11(2)10-12(14-4)13(3)8-6-7-9-13/h11-12,14H,5-10H2,1-4H3. The van der Waals surface area contributed by atoms with E-state index < -0.39 is 0 Å². The first-order valence-electron chi connectivity index (χ1n) is 6.29. The monoisotopic (exact) mass is 197 g/mol. The number of rotatable bonds is 5. The van der Waals surface area contributed by atoms with E-state index >= 15 is 0 Å². The molecular weight excluding hydrogens is 170 g/mol. The molecule has 1 aliphatic rings. The molecule has 14 heavy (non-hydrogen) atoms. The minimum atomic E-state index is 0.582. The van der Waals surface area contributed by atoms with Crippen LogP contribution in [0.2, 0.25) is 0 Å². The van der Waals surface area contributed by atoms with Crippen LogP contribution in [0.25, 0.3) is 0 Å². The van der Waals surface area contributed by atoms with Crippen molar-refractivity contribution < 1.29 is 0 Å². The van der Waals surface area contributed by atoms with Crippen LogP contribution in [-0.2, 0) is 0 Å². The molecule has 0 saturated heterocycles. The van der Waals surface area contributed by atoms with Crippen molar-refractivity contribution in [3.05, 3.63) is 0 Å². The molecule has 84 valence electrons. The number of nitrogens with one attached hydrogen (secondary N) is 1. The highest BCUT2D eigenvalue weighted by molar-refractivity contribution is 4.91. The van der Waals surface area contributed by atoms with Crippen molar-refractivity contribution in [3.8, 4) is 0 Å². The number of hydrogen-bond donors (Lipinski definition) is 1. The summed E-state index contributed by atoms with van der Waals surface area (Å²) < 4.78 is 0. The average Bonchev–Trinajstić information content (AvgIpc) is 2.62. The normalized spacial score (nSPS) is 24.9. The molecule has 1 heteroatoms. The molecule has 0 spiro atoms. The zero-order chi connectivity index (χ0) is 10.6. The van der Waals surface area contributed by atoms with Gasteiger partial charge in [-0.1, -0.05) is 40.0 Å². The van der Waals surface area contributed by atoms with Crippen LogP contribution in [0.4, 0.5) is 0 Å². The van der Waals surface area contributed by atoms with Crippen molar-refractivity contribution in [1.29, 1.82) is 0 Å². The fraction of sp³-hybridized carbons (Fsp3) is 1.00. The van der Waals surface area contributed by atoms with E-state index in [1.165, 1.54) is 38.5 Å². The Morgan fingerprint density at radius 3 is 2.29 bits per heavy atom. The van der Waals surface area contributed by atoms with E-state index in [4.69, 9.17) is 0 Å². The van der Waals surface area contributed by atoms with Gasteiger partial charge in [-0.2, -0.15) is 0 Å². The maximum atomic E-state index is 3.55. The Kier molecular flexibility index (Phi) is 4.43. The summed E-state index contributed by atoms with van der Waals surface area (Å²) in [5.41, 5.74) is 0.582. The first-order valence-corrected chi connectivity index (χ1v) is 6.29. The second-order valence-electron chi connectivity index (χ2n) is 5.45. The molecule has 0 bridgehead atoms. The first kappa shape index (κ1) is 12.0. The molecule has 2 unspecified atom stereocenters. The summed E-state index contributed by atoms with van der Waals surface area (Å²) in [6.07, 6.45) is 8.39. The molecule has 0 radical (unpaired) electrons.